The van der Waals surface area contributed by atoms with E-state index < -0.39 is 6.04 Å². The fraction of sp³-hybridized carbons (Fsp3) is 0.125. The van der Waals surface area contributed by atoms with E-state index in [0.717, 1.165) is 22.0 Å². The molecule has 0 radical (unpaired) electrons. The molecule has 122 valence electrons. The van der Waals surface area contributed by atoms with Crippen LogP contribution in [0.3, 0.4) is 0 Å². The molecule has 2 aromatic carbocycles. The van der Waals surface area contributed by atoms with Gasteiger partial charge < -0.3 is 20.7 Å². The van der Waals surface area contributed by atoms with Crippen molar-refractivity contribution < 1.29 is 14.9 Å². The smallest absolute Gasteiger partial charge is 0.154 e. The second-order valence-corrected chi connectivity index (χ2v) is 8.39. The zero-order valence-electron chi connectivity index (χ0n) is 11.9. The molecule has 0 aliphatic heterocycles. The Bertz CT molecular complexity index is 726. The molecule has 0 aromatic heterocycles. The first-order valence-electron chi connectivity index (χ1n) is 6.55. The number of aliphatic hydroxyl groups is 1. The van der Waals surface area contributed by atoms with Crippen molar-refractivity contribution in [2.24, 2.45) is 5.73 Å². The summed E-state index contributed by atoms with van der Waals surface area (Å²) in [5.74, 6) is 1.63. The Morgan fingerprint density at radius 1 is 1.13 bits per heavy atom. The van der Waals surface area contributed by atoms with Crippen molar-refractivity contribution in [1.29, 1.82) is 0 Å². The Morgan fingerprint density at radius 2 is 1.74 bits per heavy atom. The molecule has 2 rings (SSSR count). The molecule has 0 aliphatic rings. The summed E-state index contributed by atoms with van der Waals surface area (Å²) in [5, 5.41) is 18.9. The summed E-state index contributed by atoms with van der Waals surface area (Å²) in [4.78, 5) is 0. The number of halogens is 3. The fourth-order valence-electron chi connectivity index (χ4n) is 1.87. The van der Waals surface area contributed by atoms with Crippen LogP contribution in [0.25, 0.3) is 0 Å². The van der Waals surface area contributed by atoms with E-state index in [-0.39, 0.29) is 11.5 Å². The Morgan fingerprint density at radius 3 is 2.26 bits per heavy atom. The van der Waals surface area contributed by atoms with Gasteiger partial charge in [0, 0.05) is 0 Å². The van der Waals surface area contributed by atoms with Gasteiger partial charge in [-0.15, -0.1) is 0 Å². The monoisotopic (exact) mass is 649 g/mol. The lowest BCUT2D eigenvalue weighted by Crippen LogP contribution is -2.24. The molecule has 0 spiro atoms. The maximum Gasteiger partial charge on any atom is 0.154 e. The van der Waals surface area contributed by atoms with Crippen LogP contribution < -0.4 is 10.5 Å². The molecule has 2 aromatic rings. The number of hydrogen-bond donors (Lipinski definition) is 3. The molecule has 7 heteroatoms. The summed E-state index contributed by atoms with van der Waals surface area (Å²) >= 11 is 6.48. The third kappa shape index (κ3) is 5.10. The minimum absolute atomic E-state index is 0.0194. The molecule has 0 aliphatic carbocycles. The molecule has 0 bridgehead atoms. The molecule has 1 atom stereocenters. The maximum atomic E-state index is 9.58. The van der Waals surface area contributed by atoms with Gasteiger partial charge in [-0.05, 0) is 110 Å². The normalized spacial score (nSPS) is 12.0. The molecule has 4 N–H and O–H groups in total. The lowest BCUT2D eigenvalue weighted by molar-refractivity contribution is 0.368. The van der Waals surface area contributed by atoms with Crippen molar-refractivity contribution in [3.05, 3.63) is 58.9 Å². The minimum Gasteiger partial charge on any atom is -0.511 e. The van der Waals surface area contributed by atoms with Crippen LogP contribution in [0.5, 0.6) is 17.2 Å². The van der Waals surface area contributed by atoms with Crippen molar-refractivity contribution in [2.45, 2.75) is 12.5 Å². The van der Waals surface area contributed by atoms with E-state index in [4.69, 9.17) is 10.5 Å². The van der Waals surface area contributed by atoms with Gasteiger partial charge in [0.2, 0.25) is 0 Å². The van der Waals surface area contributed by atoms with Crippen LogP contribution in [0.2, 0.25) is 0 Å². The van der Waals surface area contributed by atoms with Crippen LogP contribution in [-0.2, 0) is 6.42 Å². The van der Waals surface area contributed by atoms with E-state index in [9.17, 15) is 10.2 Å². The molecule has 0 heterocycles. The first-order valence-corrected chi connectivity index (χ1v) is 9.79. The first-order chi connectivity index (χ1) is 10.8. The van der Waals surface area contributed by atoms with Crippen LogP contribution >= 0.6 is 67.8 Å². The minimum atomic E-state index is -0.480. The molecular weight excluding hydrogens is 635 g/mol. The molecule has 0 fully saturated rings. The average molecular weight is 649 g/mol. The van der Waals surface area contributed by atoms with Crippen LogP contribution in [0.15, 0.2) is 42.7 Å². The summed E-state index contributed by atoms with van der Waals surface area (Å²) in [6.45, 7) is 3.47. The number of nitrogens with two attached hydrogens (primary N) is 1. The van der Waals surface area contributed by atoms with Crippen LogP contribution in [-0.4, -0.2) is 16.3 Å². The van der Waals surface area contributed by atoms with E-state index in [1.807, 2.05) is 12.1 Å². The van der Waals surface area contributed by atoms with E-state index in [1.54, 1.807) is 18.2 Å². The predicted octanol–water partition coefficient (Wildman–Crippen LogP) is 4.94. The van der Waals surface area contributed by atoms with Crippen LogP contribution in [0.4, 0.5) is 0 Å². The highest BCUT2D eigenvalue weighted by Gasteiger charge is 2.14. The number of phenols is 1. The van der Waals surface area contributed by atoms with Gasteiger partial charge >= 0.3 is 0 Å². The molecule has 4 nitrogen and oxygen atoms in total. The third-order valence-corrected chi connectivity index (χ3v) is 5.55. The van der Waals surface area contributed by atoms with E-state index in [1.165, 1.54) is 0 Å². The Balaban J connectivity index is 2.26. The lowest BCUT2D eigenvalue weighted by atomic mass is 10.1. The van der Waals surface area contributed by atoms with Crippen molar-refractivity contribution in [3.63, 3.8) is 0 Å². The maximum absolute atomic E-state index is 9.58. The fourth-order valence-corrected chi connectivity index (χ4v) is 4.47. The summed E-state index contributed by atoms with van der Waals surface area (Å²) in [6.07, 6.45) is 0.513. The molecule has 0 saturated heterocycles. The summed E-state index contributed by atoms with van der Waals surface area (Å²) in [6, 6.07) is 8.59. The quantitative estimate of drug-likeness (QED) is 0.317. The number of aromatic hydroxyl groups is 1. The summed E-state index contributed by atoms with van der Waals surface area (Å²) in [7, 11) is 0. The number of hydrogen-bond acceptors (Lipinski definition) is 4. The van der Waals surface area contributed by atoms with Gasteiger partial charge in [-0.25, -0.2) is 0 Å². The van der Waals surface area contributed by atoms with Crippen LogP contribution in [0, 0.1) is 10.7 Å². The summed E-state index contributed by atoms with van der Waals surface area (Å²) in [5.41, 5.74) is 6.84. The Labute approximate surface area is 175 Å². The van der Waals surface area contributed by atoms with Crippen molar-refractivity contribution in [1.82, 2.24) is 0 Å². The highest BCUT2D eigenvalue weighted by Crippen LogP contribution is 2.35. The second kappa shape index (κ2) is 8.21. The number of ether oxygens (including phenoxy) is 1. The van der Waals surface area contributed by atoms with Crippen LogP contribution in [0.1, 0.15) is 5.56 Å². The molecule has 23 heavy (non-hydrogen) atoms. The molecule has 0 amide bonds. The lowest BCUT2D eigenvalue weighted by Gasteiger charge is -2.14. The van der Waals surface area contributed by atoms with E-state index in [2.05, 4.69) is 74.4 Å². The Hall–Kier alpha value is -0.270. The van der Waals surface area contributed by atoms with Crippen molar-refractivity contribution in [2.75, 3.05) is 0 Å². The Kier molecular flexibility index (Phi) is 6.80. The number of aliphatic hydroxyl groups excluding tert-OH is 1. The summed E-state index contributed by atoms with van der Waals surface area (Å²) < 4.78 is 8.58. The van der Waals surface area contributed by atoms with Gasteiger partial charge in [-0.3, -0.25) is 0 Å². The van der Waals surface area contributed by atoms with Gasteiger partial charge in [-0.1, -0.05) is 6.58 Å². The number of phenolic OH excluding ortho intramolecular Hbond substituents is 1. The van der Waals surface area contributed by atoms with E-state index >= 15 is 0 Å². The molecule has 0 saturated carbocycles. The average Bonchev–Trinajstić information content (AvgIpc) is 2.46. The topological polar surface area (TPSA) is 75.7 Å². The molecular formula is C16H14I3NO3. The second-order valence-electron chi connectivity index (χ2n) is 4.91. The van der Waals surface area contributed by atoms with E-state index in [0.29, 0.717) is 12.2 Å². The number of rotatable bonds is 5. The SMILES string of the molecule is C=C(O)C(N)Cc1cc(I)c(Oc2ccc(O)c(I)c2)c(I)c1. The first kappa shape index (κ1) is 19.1. The predicted molar refractivity (Wildman–Crippen MR) is 116 cm³/mol. The molecule has 1 unspecified atom stereocenters. The van der Waals surface area contributed by atoms with Crippen molar-refractivity contribution >= 4 is 67.8 Å². The largest absolute Gasteiger partial charge is 0.511 e. The third-order valence-electron chi connectivity index (χ3n) is 3.08. The van der Waals surface area contributed by atoms with Gasteiger partial charge in [0.05, 0.1) is 16.8 Å². The zero-order chi connectivity index (χ0) is 17.1. The van der Waals surface area contributed by atoms with Gasteiger partial charge in [0.1, 0.15) is 17.3 Å². The van der Waals surface area contributed by atoms with Gasteiger partial charge in [0.15, 0.2) is 5.75 Å². The van der Waals surface area contributed by atoms with Gasteiger partial charge in [-0.2, -0.15) is 0 Å². The number of benzene rings is 2. The zero-order valence-corrected chi connectivity index (χ0v) is 18.4. The highest BCUT2D eigenvalue weighted by molar-refractivity contribution is 14.1. The highest BCUT2D eigenvalue weighted by atomic mass is 127. The van der Waals surface area contributed by atoms with Gasteiger partial charge in [0.25, 0.3) is 0 Å². The van der Waals surface area contributed by atoms with Crippen molar-refractivity contribution in [3.8, 4) is 17.2 Å². The standard InChI is InChI=1S/C16H14I3NO3/c1-8(21)14(20)6-9-4-12(18)16(13(19)5-9)23-10-2-3-15(22)11(17)7-10/h2-5,7,14,21-22H,1,6,20H2.